The molecule has 5 nitrogen and oxygen atoms in total. The molecule has 1 heterocycles. The molecule has 5 atom stereocenters. The number of benzene rings is 1. The molecule has 1 saturated heterocycles. The van der Waals surface area contributed by atoms with E-state index >= 15 is 0 Å². The highest BCUT2D eigenvalue weighted by Crippen LogP contribution is 2.57. The van der Waals surface area contributed by atoms with Gasteiger partial charge in [-0.1, -0.05) is 58.9 Å². The second-order valence-corrected chi connectivity index (χ2v) is 20.1. The largest absolute Gasteiger partial charge is 0.413 e. The van der Waals surface area contributed by atoms with Crippen LogP contribution in [0.15, 0.2) is 51.1 Å². The lowest BCUT2D eigenvalue weighted by molar-refractivity contribution is -0.298. The summed E-state index contributed by atoms with van der Waals surface area (Å²) in [5.74, 6) is 0.557. The number of rotatable bonds is 5. The summed E-state index contributed by atoms with van der Waals surface area (Å²) in [6.45, 7) is 17.4. The lowest BCUT2D eigenvalue weighted by Crippen LogP contribution is -2.47. The normalized spacial score (nSPS) is 32.0. The fourth-order valence-electron chi connectivity index (χ4n) is 5.58. The Labute approximate surface area is 214 Å². The molecule has 1 unspecified atom stereocenters. The van der Waals surface area contributed by atoms with Crippen LogP contribution in [0.1, 0.15) is 53.9 Å². The van der Waals surface area contributed by atoms with Gasteiger partial charge in [-0.15, -0.1) is 0 Å². The van der Waals surface area contributed by atoms with Crippen molar-refractivity contribution in [2.75, 3.05) is 20.3 Å². The first-order chi connectivity index (χ1) is 16.2. The van der Waals surface area contributed by atoms with Crippen molar-refractivity contribution in [3.63, 3.8) is 0 Å². The van der Waals surface area contributed by atoms with Crippen LogP contribution < -0.4 is 0 Å². The molecule has 4 rings (SSSR count). The molecule has 3 fully saturated rings. The van der Waals surface area contributed by atoms with Crippen molar-refractivity contribution in [1.82, 2.24) is 0 Å². The Bertz CT molecular complexity index is 1040. The lowest BCUT2D eigenvalue weighted by Gasteiger charge is -2.43. The van der Waals surface area contributed by atoms with Crippen molar-refractivity contribution < 1.29 is 18.1 Å². The summed E-state index contributed by atoms with van der Waals surface area (Å²) < 4.78 is 37.9. The van der Waals surface area contributed by atoms with Crippen LogP contribution >= 0.6 is 0 Å². The van der Waals surface area contributed by atoms with Gasteiger partial charge in [0.05, 0.1) is 33.9 Å². The van der Waals surface area contributed by atoms with Crippen molar-refractivity contribution in [3.8, 4) is 0 Å². The second kappa shape index (κ2) is 9.39. The Morgan fingerprint density at radius 3 is 2.31 bits per heavy atom. The minimum Gasteiger partial charge on any atom is -0.413 e. The molecule has 2 aliphatic carbocycles. The van der Waals surface area contributed by atoms with Gasteiger partial charge in [0.15, 0.2) is 14.1 Å². The minimum atomic E-state index is -2.63. The van der Waals surface area contributed by atoms with Crippen molar-refractivity contribution >= 4 is 18.0 Å². The van der Waals surface area contributed by atoms with Gasteiger partial charge in [0.25, 0.3) is 0 Å². The molecule has 3 aliphatic rings. The summed E-state index contributed by atoms with van der Waals surface area (Å²) in [5, 5.41) is 1.99. The third-order valence-electron chi connectivity index (χ3n) is 8.73. The van der Waals surface area contributed by atoms with Gasteiger partial charge in [0, 0.05) is 36.6 Å². The van der Waals surface area contributed by atoms with Gasteiger partial charge < -0.3 is 13.9 Å². The summed E-state index contributed by atoms with van der Waals surface area (Å²) in [6.07, 6.45) is 5.07. The fourth-order valence-corrected chi connectivity index (χ4v) is 8.37. The van der Waals surface area contributed by atoms with Crippen LogP contribution in [0.3, 0.4) is 0 Å². The summed E-state index contributed by atoms with van der Waals surface area (Å²) in [5.41, 5.74) is 0.0556. The Balaban J connectivity index is 1.63. The van der Waals surface area contributed by atoms with Crippen molar-refractivity contribution in [2.45, 2.75) is 88.8 Å². The van der Waals surface area contributed by atoms with Crippen LogP contribution in [0.25, 0.3) is 0 Å². The standard InChI is InChI=1S/C28H45NO4SSi/c1-26(2,3)35(7,8)33-25-16-21-17-28(31-19-27(4,5)20-32-28)18-24(21)23(25)14-15-34(30,29-6)22-12-10-9-11-13-22/h9-15,21,23-25H,16-20H2,1-8H3/b15-14+/t21-,23-,24+,25-,34?/m1/s1. The van der Waals surface area contributed by atoms with Gasteiger partial charge in [0.2, 0.25) is 0 Å². The number of hydrogen-bond acceptors (Lipinski definition) is 5. The molecule has 1 aliphatic heterocycles. The summed E-state index contributed by atoms with van der Waals surface area (Å²) in [4.78, 5) is 0.749. The van der Waals surface area contributed by atoms with Crippen LogP contribution in [0, 0.1) is 23.2 Å². The van der Waals surface area contributed by atoms with E-state index in [1.54, 1.807) is 7.05 Å². The minimum absolute atomic E-state index is 0.0556. The van der Waals surface area contributed by atoms with E-state index in [1.165, 1.54) is 0 Å². The molecule has 0 bridgehead atoms. The van der Waals surface area contributed by atoms with E-state index in [2.05, 4.69) is 58.2 Å². The van der Waals surface area contributed by atoms with E-state index in [9.17, 15) is 4.21 Å². The second-order valence-electron chi connectivity index (χ2n) is 13.1. The molecule has 1 spiro atoms. The molecule has 0 N–H and O–H groups in total. The fraction of sp³-hybridized carbons (Fsp3) is 0.714. The number of fused-ring (bicyclic) bond motifs is 1. The first-order valence-corrected chi connectivity index (χ1v) is 17.5. The third kappa shape index (κ3) is 5.49. The highest BCUT2D eigenvalue weighted by atomic mass is 32.2. The monoisotopic (exact) mass is 519 g/mol. The van der Waals surface area contributed by atoms with Gasteiger partial charge in [-0.3, -0.25) is 0 Å². The molecule has 0 radical (unpaired) electrons. The highest BCUT2D eigenvalue weighted by molar-refractivity contribution is 7.96. The average Bonchev–Trinajstić information content (AvgIpc) is 3.28. The van der Waals surface area contributed by atoms with Crippen molar-refractivity contribution in [3.05, 3.63) is 41.8 Å². The molecule has 0 aromatic heterocycles. The van der Waals surface area contributed by atoms with E-state index in [-0.39, 0.29) is 22.5 Å². The molecule has 7 heteroatoms. The van der Waals surface area contributed by atoms with Gasteiger partial charge in [-0.05, 0) is 48.5 Å². The molecule has 1 aromatic carbocycles. The van der Waals surface area contributed by atoms with Crippen LogP contribution in [-0.4, -0.2) is 44.7 Å². The maximum absolute atomic E-state index is 13.8. The summed E-state index contributed by atoms with van der Waals surface area (Å²) in [7, 11) is -2.94. The zero-order chi connectivity index (χ0) is 25.7. The maximum Gasteiger partial charge on any atom is 0.192 e. The zero-order valence-corrected chi connectivity index (χ0v) is 24.7. The number of ether oxygens (including phenoxy) is 2. The predicted octanol–water partition coefficient (Wildman–Crippen LogP) is 6.86. The van der Waals surface area contributed by atoms with Gasteiger partial charge in [-0.25, -0.2) is 8.57 Å². The van der Waals surface area contributed by atoms with E-state index in [4.69, 9.17) is 13.9 Å². The zero-order valence-electron chi connectivity index (χ0n) is 22.9. The quantitative estimate of drug-likeness (QED) is 0.399. The SMILES string of the molecule is CN=S(=O)(/C=C/[C@@H]1[C@H]2CC3(C[C@H]2C[C@H]1O[Si](C)(C)C(C)(C)C)OCC(C)(C)CO3)c1ccccc1. The molecule has 196 valence electrons. The summed E-state index contributed by atoms with van der Waals surface area (Å²) in [6, 6.07) is 9.58. The molecular weight excluding hydrogens is 474 g/mol. The Morgan fingerprint density at radius 1 is 1.11 bits per heavy atom. The van der Waals surface area contributed by atoms with Gasteiger partial charge in [0.1, 0.15) is 0 Å². The number of hydrogen-bond donors (Lipinski definition) is 0. The van der Waals surface area contributed by atoms with Crippen LogP contribution in [0.4, 0.5) is 0 Å². The smallest absolute Gasteiger partial charge is 0.192 e. The van der Waals surface area contributed by atoms with Crippen molar-refractivity contribution in [2.24, 2.45) is 27.5 Å². The molecular formula is C28H45NO4SSi. The molecule has 0 amide bonds. The lowest BCUT2D eigenvalue weighted by atomic mass is 9.90. The Hall–Kier alpha value is -0.993. The van der Waals surface area contributed by atoms with Gasteiger partial charge in [-0.2, -0.15) is 0 Å². The van der Waals surface area contributed by atoms with E-state index in [0.29, 0.717) is 11.8 Å². The molecule has 1 aromatic rings. The molecule has 2 saturated carbocycles. The Kier molecular flexibility index (Phi) is 7.26. The average molecular weight is 520 g/mol. The van der Waals surface area contributed by atoms with E-state index in [0.717, 1.165) is 37.4 Å². The predicted molar refractivity (Wildman–Crippen MR) is 145 cm³/mol. The van der Waals surface area contributed by atoms with Crippen molar-refractivity contribution in [1.29, 1.82) is 0 Å². The van der Waals surface area contributed by atoms with E-state index < -0.39 is 23.8 Å². The van der Waals surface area contributed by atoms with E-state index in [1.807, 2.05) is 35.7 Å². The third-order valence-corrected chi connectivity index (χ3v) is 15.2. The van der Waals surface area contributed by atoms with Crippen LogP contribution in [-0.2, 0) is 23.6 Å². The Morgan fingerprint density at radius 2 is 1.74 bits per heavy atom. The first kappa shape index (κ1) is 27.1. The van der Waals surface area contributed by atoms with Crippen LogP contribution in [0.5, 0.6) is 0 Å². The molecule has 35 heavy (non-hydrogen) atoms. The first-order valence-electron chi connectivity index (χ1n) is 13.0. The number of nitrogens with zero attached hydrogens (tertiary/aromatic N) is 1. The maximum atomic E-state index is 13.8. The highest BCUT2D eigenvalue weighted by Gasteiger charge is 2.58. The van der Waals surface area contributed by atoms with Crippen LogP contribution in [0.2, 0.25) is 18.1 Å². The summed E-state index contributed by atoms with van der Waals surface area (Å²) >= 11 is 0. The van der Waals surface area contributed by atoms with Gasteiger partial charge >= 0.3 is 0 Å². The topological polar surface area (TPSA) is 57.1 Å².